The highest BCUT2D eigenvalue weighted by molar-refractivity contribution is 5.77. The fraction of sp³-hybridized carbons (Fsp3) is 0.409. The van der Waals surface area contributed by atoms with Gasteiger partial charge in [-0.25, -0.2) is 0 Å². The Kier molecular flexibility index (Phi) is 6.39. The van der Waals surface area contributed by atoms with E-state index in [0.717, 1.165) is 43.8 Å². The highest BCUT2D eigenvalue weighted by atomic mass is 19.4. The Bertz CT molecular complexity index is 775. The number of halogens is 3. The third kappa shape index (κ3) is 5.58. The first-order chi connectivity index (χ1) is 13.3. The molecule has 1 aliphatic rings. The highest BCUT2D eigenvalue weighted by Crippen LogP contribution is 2.30. The van der Waals surface area contributed by atoms with Gasteiger partial charge in [-0.1, -0.05) is 49.4 Å². The first-order valence-corrected chi connectivity index (χ1v) is 9.54. The topological polar surface area (TPSA) is 32.3 Å². The summed E-state index contributed by atoms with van der Waals surface area (Å²) in [5.74, 6) is -0.192. The van der Waals surface area contributed by atoms with Crippen LogP contribution in [0.4, 0.5) is 13.2 Å². The van der Waals surface area contributed by atoms with Crippen molar-refractivity contribution in [3.8, 4) is 0 Å². The molecular formula is C22H25F3N2O. The monoisotopic (exact) mass is 390 g/mol. The quantitative estimate of drug-likeness (QED) is 0.783. The van der Waals surface area contributed by atoms with E-state index in [-0.39, 0.29) is 24.3 Å². The van der Waals surface area contributed by atoms with Crippen LogP contribution < -0.4 is 5.32 Å². The predicted molar refractivity (Wildman–Crippen MR) is 103 cm³/mol. The summed E-state index contributed by atoms with van der Waals surface area (Å²) in [7, 11) is 0. The number of nitrogens with zero attached hydrogens (tertiary/aromatic N) is 1. The Balaban J connectivity index is 1.46. The molecule has 0 spiro atoms. The lowest BCUT2D eigenvalue weighted by Gasteiger charge is -2.18. The van der Waals surface area contributed by atoms with Crippen LogP contribution in [-0.4, -0.2) is 29.9 Å². The molecule has 1 N–H and O–H groups in total. The smallest absolute Gasteiger partial charge is 0.352 e. The molecule has 3 rings (SSSR count). The lowest BCUT2D eigenvalue weighted by Crippen LogP contribution is -2.37. The van der Waals surface area contributed by atoms with Crippen LogP contribution in [-0.2, 0) is 17.5 Å². The first kappa shape index (κ1) is 20.4. The zero-order valence-corrected chi connectivity index (χ0v) is 15.9. The molecule has 0 aliphatic carbocycles. The van der Waals surface area contributed by atoms with Crippen LogP contribution in [0.15, 0.2) is 54.6 Å². The van der Waals surface area contributed by atoms with Gasteiger partial charge in [-0.05, 0) is 35.6 Å². The van der Waals surface area contributed by atoms with Crippen LogP contribution in [0.5, 0.6) is 0 Å². The Labute approximate surface area is 163 Å². The number of rotatable bonds is 6. The summed E-state index contributed by atoms with van der Waals surface area (Å²) in [5.41, 5.74) is 1.32. The van der Waals surface area contributed by atoms with Crippen molar-refractivity contribution in [3.05, 3.63) is 71.3 Å². The number of carbonyl (C=O) groups excluding carboxylic acids is 1. The van der Waals surface area contributed by atoms with E-state index in [4.69, 9.17) is 0 Å². The standard InChI is InChI=1S/C22H25F3N2O/c1-16(18-7-9-19(10-8-18)22(23,24)25)13-21(28)26-20-11-12-27(15-20)14-17-5-3-2-4-6-17/h2-10,16,20H,11-15H2,1H3,(H,26,28). The van der Waals surface area contributed by atoms with Gasteiger partial charge in [-0.15, -0.1) is 0 Å². The Morgan fingerprint density at radius 1 is 1.14 bits per heavy atom. The second-order valence-corrected chi connectivity index (χ2v) is 7.50. The normalized spacial score (nSPS) is 18.8. The van der Waals surface area contributed by atoms with Crippen LogP contribution in [0.25, 0.3) is 0 Å². The largest absolute Gasteiger partial charge is 0.416 e. The van der Waals surface area contributed by atoms with E-state index in [0.29, 0.717) is 0 Å². The number of hydrogen-bond donors (Lipinski definition) is 1. The summed E-state index contributed by atoms with van der Waals surface area (Å²) in [5, 5.41) is 3.07. The molecule has 150 valence electrons. The molecule has 3 nitrogen and oxygen atoms in total. The summed E-state index contributed by atoms with van der Waals surface area (Å²) in [6.07, 6.45) is -3.17. The van der Waals surface area contributed by atoms with E-state index < -0.39 is 11.7 Å². The van der Waals surface area contributed by atoms with Crippen LogP contribution in [0, 0.1) is 0 Å². The molecule has 1 saturated heterocycles. The number of amides is 1. The fourth-order valence-corrected chi connectivity index (χ4v) is 3.62. The van der Waals surface area contributed by atoms with Gasteiger partial charge < -0.3 is 5.32 Å². The lowest BCUT2D eigenvalue weighted by molar-refractivity contribution is -0.137. The molecule has 28 heavy (non-hydrogen) atoms. The molecule has 1 fully saturated rings. The molecule has 2 atom stereocenters. The van der Waals surface area contributed by atoms with Crippen molar-refractivity contribution in [1.29, 1.82) is 0 Å². The van der Waals surface area contributed by atoms with Crippen LogP contribution in [0.1, 0.15) is 42.4 Å². The van der Waals surface area contributed by atoms with Gasteiger partial charge in [0.15, 0.2) is 0 Å². The average Bonchev–Trinajstić information content (AvgIpc) is 3.08. The number of benzene rings is 2. The van der Waals surface area contributed by atoms with Crippen LogP contribution >= 0.6 is 0 Å². The van der Waals surface area contributed by atoms with E-state index in [2.05, 4.69) is 22.3 Å². The fourth-order valence-electron chi connectivity index (χ4n) is 3.62. The number of alkyl halides is 3. The molecule has 2 aromatic rings. The van der Waals surface area contributed by atoms with Gasteiger partial charge in [-0.2, -0.15) is 13.2 Å². The van der Waals surface area contributed by atoms with E-state index in [1.165, 1.54) is 17.7 Å². The van der Waals surface area contributed by atoms with Crippen molar-refractivity contribution >= 4 is 5.91 Å². The third-order valence-electron chi connectivity index (χ3n) is 5.19. The van der Waals surface area contributed by atoms with Gasteiger partial charge in [0.2, 0.25) is 5.91 Å². The summed E-state index contributed by atoms with van der Waals surface area (Å²) < 4.78 is 38.0. The molecule has 1 heterocycles. The maximum atomic E-state index is 12.7. The Morgan fingerprint density at radius 3 is 2.46 bits per heavy atom. The summed E-state index contributed by atoms with van der Waals surface area (Å²) in [6, 6.07) is 15.4. The minimum absolute atomic E-state index is 0.0565. The molecule has 6 heteroatoms. The molecule has 1 aliphatic heterocycles. The van der Waals surface area contributed by atoms with Crippen molar-refractivity contribution in [3.63, 3.8) is 0 Å². The molecule has 2 aromatic carbocycles. The van der Waals surface area contributed by atoms with Gasteiger partial charge in [0.25, 0.3) is 0 Å². The van der Waals surface area contributed by atoms with Crippen molar-refractivity contribution in [2.24, 2.45) is 0 Å². The van der Waals surface area contributed by atoms with E-state index in [1.54, 1.807) is 0 Å². The van der Waals surface area contributed by atoms with E-state index in [1.807, 2.05) is 25.1 Å². The minimum Gasteiger partial charge on any atom is -0.352 e. The Morgan fingerprint density at radius 2 is 1.82 bits per heavy atom. The van der Waals surface area contributed by atoms with Gasteiger partial charge in [-0.3, -0.25) is 9.69 Å². The number of nitrogens with one attached hydrogen (secondary N) is 1. The highest BCUT2D eigenvalue weighted by Gasteiger charge is 2.30. The number of hydrogen-bond acceptors (Lipinski definition) is 2. The Hall–Kier alpha value is -2.34. The van der Waals surface area contributed by atoms with Gasteiger partial charge in [0, 0.05) is 32.1 Å². The van der Waals surface area contributed by atoms with Crippen LogP contribution in [0.3, 0.4) is 0 Å². The number of carbonyl (C=O) groups is 1. The van der Waals surface area contributed by atoms with E-state index >= 15 is 0 Å². The van der Waals surface area contributed by atoms with Crippen molar-refractivity contribution in [2.45, 2.75) is 44.4 Å². The second-order valence-electron chi connectivity index (χ2n) is 7.50. The van der Waals surface area contributed by atoms with Crippen molar-refractivity contribution in [1.82, 2.24) is 10.2 Å². The molecule has 2 unspecified atom stereocenters. The summed E-state index contributed by atoms with van der Waals surface area (Å²) in [4.78, 5) is 14.7. The molecule has 0 radical (unpaired) electrons. The van der Waals surface area contributed by atoms with E-state index in [9.17, 15) is 18.0 Å². The zero-order chi connectivity index (χ0) is 20.1. The van der Waals surface area contributed by atoms with Crippen molar-refractivity contribution in [2.75, 3.05) is 13.1 Å². The first-order valence-electron chi connectivity index (χ1n) is 9.54. The molecule has 1 amide bonds. The minimum atomic E-state index is -4.34. The maximum Gasteiger partial charge on any atom is 0.416 e. The summed E-state index contributed by atoms with van der Waals surface area (Å²) in [6.45, 7) is 4.48. The summed E-state index contributed by atoms with van der Waals surface area (Å²) >= 11 is 0. The predicted octanol–water partition coefficient (Wildman–Crippen LogP) is 4.59. The van der Waals surface area contributed by atoms with Crippen molar-refractivity contribution < 1.29 is 18.0 Å². The molecule has 0 aromatic heterocycles. The zero-order valence-electron chi connectivity index (χ0n) is 15.9. The average molecular weight is 390 g/mol. The molecule has 0 bridgehead atoms. The third-order valence-corrected chi connectivity index (χ3v) is 5.19. The second kappa shape index (κ2) is 8.78. The SMILES string of the molecule is CC(CC(=O)NC1CCN(Cc2ccccc2)C1)c1ccc(C(F)(F)F)cc1. The van der Waals surface area contributed by atoms with Gasteiger partial charge in [0.05, 0.1) is 5.56 Å². The van der Waals surface area contributed by atoms with Gasteiger partial charge in [0.1, 0.15) is 0 Å². The van der Waals surface area contributed by atoms with Gasteiger partial charge >= 0.3 is 6.18 Å². The molecular weight excluding hydrogens is 365 g/mol. The number of likely N-dealkylation sites (tertiary alicyclic amines) is 1. The van der Waals surface area contributed by atoms with Crippen LogP contribution in [0.2, 0.25) is 0 Å². The lowest BCUT2D eigenvalue weighted by atomic mass is 9.96. The molecule has 0 saturated carbocycles. The maximum absolute atomic E-state index is 12.7.